The fraction of sp³-hybridized carbons (Fsp3) is 0.635. The number of amides is 1. The lowest BCUT2D eigenvalue weighted by Crippen LogP contribution is -2.60. The van der Waals surface area contributed by atoms with Gasteiger partial charge in [-0.15, -0.1) is 0 Å². The van der Waals surface area contributed by atoms with Crippen molar-refractivity contribution < 1.29 is 39.8 Å². The first kappa shape index (κ1) is 66.3. The molecule has 1 aliphatic heterocycles. The van der Waals surface area contributed by atoms with E-state index >= 15 is 0 Å². The summed E-state index contributed by atoms with van der Waals surface area (Å²) in [4.78, 5) is 13.0. The van der Waals surface area contributed by atoms with E-state index in [-0.39, 0.29) is 12.5 Å². The molecule has 0 aromatic rings. The number of rotatable bonds is 46. The van der Waals surface area contributed by atoms with Gasteiger partial charge in [0.1, 0.15) is 24.4 Å². The summed E-state index contributed by atoms with van der Waals surface area (Å²) in [5.74, 6) is -0.205. The second kappa shape index (κ2) is 50.8. The Hall–Kier alpha value is -3.67. The van der Waals surface area contributed by atoms with Crippen molar-refractivity contribution in [2.24, 2.45) is 0 Å². The summed E-state index contributed by atoms with van der Waals surface area (Å²) in [6, 6.07) is -0.837. The maximum atomic E-state index is 13.0. The molecule has 6 N–H and O–H groups in total. The van der Waals surface area contributed by atoms with Crippen LogP contribution >= 0.6 is 0 Å². The molecule has 1 fully saturated rings. The van der Waals surface area contributed by atoms with Gasteiger partial charge >= 0.3 is 0 Å². The molecule has 9 nitrogen and oxygen atoms in total. The van der Waals surface area contributed by atoms with E-state index in [0.29, 0.717) is 6.42 Å². The first-order chi connectivity index (χ1) is 35.3. The number of carbonyl (C=O) groups excluding carboxylic acids is 1. The van der Waals surface area contributed by atoms with Gasteiger partial charge < -0.3 is 40.3 Å². The van der Waals surface area contributed by atoms with Gasteiger partial charge in [0.05, 0.1) is 25.4 Å². The highest BCUT2D eigenvalue weighted by Gasteiger charge is 2.44. The molecule has 408 valence electrons. The van der Waals surface area contributed by atoms with Gasteiger partial charge in [-0.2, -0.15) is 0 Å². The van der Waals surface area contributed by atoms with Crippen molar-refractivity contribution in [3.8, 4) is 0 Å². The number of hydrogen-bond acceptors (Lipinski definition) is 8. The molecule has 1 saturated heterocycles. The van der Waals surface area contributed by atoms with Crippen LogP contribution in [0.4, 0.5) is 0 Å². The quantitative estimate of drug-likeness (QED) is 0.0261. The number of allylic oxidation sites excluding steroid dienone is 21. The zero-order chi connectivity index (χ0) is 52.2. The Morgan fingerprint density at radius 2 is 0.875 bits per heavy atom. The molecule has 1 rings (SSSR count). The highest BCUT2D eigenvalue weighted by atomic mass is 16.7. The average Bonchev–Trinajstić information content (AvgIpc) is 3.38. The predicted molar refractivity (Wildman–Crippen MR) is 303 cm³/mol. The lowest BCUT2D eigenvalue weighted by Gasteiger charge is -2.40. The van der Waals surface area contributed by atoms with Gasteiger partial charge in [0.15, 0.2) is 6.29 Å². The largest absolute Gasteiger partial charge is 0.394 e. The molecule has 0 spiro atoms. The van der Waals surface area contributed by atoms with E-state index in [2.05, 4.69) is 141 Å². The minimum absolute atomic E-state index is 0.205. The Morgan fingerprint density at radius 1 is 0.486 bits per heavy atom. The second-order valence-electron chi connectivity index (χ2n) is 19.0. The van der Waals surface area contributed by atoms with Crippen LogP contribution in [0, 0.1) is 0 Å². The smallest absolute Gasteiger partial charge is 0.220 e. The first-order valence-corrected chi connectivity index (χ1v) is 28.4. The molecule has 0 aromatic carbocycles. The Balaban J connectivity index is 2.22. The molecule has 1 amide bonds. The molecule has 7 atom stereocenters. The van der Waals surface area contributed by atoms with Crippen LogP contribution in [0.3, 0.4) is 0 Å². The molecular weight excluding hydrogens is 899 g/mol. The van der Waals surface area contributed by atoms with Crippen molar-refractivity contribution in [1.29, 1.82) is 0 Å². The van der Waals surface area contributed by atoms with E-state index in [4.69, 9.17) is 9.47 Å². The molecule has 0 saturated carbocycles. The van der Waals surface area contributed by atoms with Gasteiger partial charge in [0, 0.05) is 6.42 Å². The summed E-state index contributed by atoms with van der Waals surface area (Å²) in [5, 5.41) is 54.4. The van der Waals surface area contributed by atoms with Gasteiger partial charge in [-0.05, 0) is 103 Å². The van der Waals surface area contributed by atoms with Gasteiger partial charge in [-0.25, -0.2) is 0 Å². The van der Waals surface area contributed by atoms with Crippen molar-refractivity contribution >= 4 is 5.91 Å². The summed E-state index contributed by atoms with van der Waals surface area (Å²) in [5.41, 5.74) is 0. The van der Waals surface area contributed by atoms with Crippen LogP contribution in [0.1, 0.15) is 200 Å². The van der Waals surface area contributed by atoms with Crippen LogP contribution in [0.25, 0.3) is 0 Å². The molecule has 1 heterocycles. The van der Waals surface area contributed by atoms with E-state index in [1.54, 1.807) is 6.08 Å². The predicted octanol–water partition coefficient (Wildman–Crippen LogP) is 14.1. The highest BCUT2D eigenvalue weighted by molar-refractivity contribution is 5.76. The minimum atomic E-state index is -1.58. The SMILES string of the molecule is CC/C=C\C/C=C\C/C=C\C/C=C\C/C=C\C/C=C\C/C=C\C/C=C\C/C=C\CCCCCCCCCC(=O)NC(COC1OC(CO)C(O)C(O)C1O)C(O)/C=C/CC/C=C/CCCCCCCCCC. The summed E-state index contributed by atoms with van der Waals surface area (Å²) >= 11 is 0. The second-order valence-corrected chi connectivity index (χ2v) is 19.0. The highest BCUT2D eigenvalue weighted by Crippen LogP contribution is 2.22. The fourth-order valence-corrected chi connectivity index (χ4v) is 7.99. The molecule has 0 bridgehead atoms. The van der Waals surface area contributed by atoms with Crippen molar-refractivity contribution in [3.05, 3.63) is 134 Å². The zero-order valence-corrected chi connectivity index (χ0v) is 45.1. The van der Waals surface area contributed by atoms with Crippen LogP contribution in [0.2, 0.25) is 0 Å². The number of carbonyl (C=O) groups is 1. The van der Waals surface area contributed by atoms with Crippen molar-refractivity contribution in [3.63, 3.8) is 0 Å². The van der Waals surface area contributed by atoms with Gasteiger partial charge in [-0.3, -0.25) is 4.79 Å². The maximum absolute atomic E-state index is 13.0. The number of aliphatic hydroxyl groups excluding tert-OH is 5. The van der Waals surface area contributed by atoms with Crippen LogP contribution in [-0.4, -0.2) is 87.5 Å². The van der Waals surface area contributed by atoms with Crippen molar-refractivity contribution in [2.45, 2.75) is 243 Å². The number of hydrogen-bond donors (Lipinski definition) is 6. The first-order valence-electron chi connectivity index (χ1n) is 28.4. The van der Waals surface area contributed by atoms with E-state index in [9.17, 15) is 30.3 Å². The number of ether oxygens (including phenoxy) is 2. The van der Waals surface area contributed by atoms with Crippen LogP contribution in [-0.2, 0) is 14.3 Å². The van der Waals surface area contributed by atoms with Crippen LogP contribution < -0.4 is 5.32 Å². The molecule has 1 aliphatic rings. The Morgan fingerprint density at radius 3 is 1.33 bits per heavy atom. The van der Waals surface area contributed by atoms with E-state index < -0.39 is 49.5 Å². The molecule has 7 unspecified atom stereocenters. The van der Waals surface area contributed by atoms with Crippen molar-refractivity contribution in [2.75, 3.05) is 13.2 Å². The summed E-state index contributed by atoms with van der Waals surface area (Å²) in [7, 11) is 0. The normalized spacial score (nSPS) is 20.2. The fourth-order valence-electron chi connectivity index (χ4n) is 7.99. The third-order valence-electron chi connectivity index (χ3n) is 12.5. The summed E-state index contributed by atoms with van der Waals surface area (Å²) in [6.45, 7) is 3.61. The van der Waals surface area contributed by atoms with Gasteiger partial charge in [0.25, 0.3) is 0 Å². The number of nitrogens with one attached hydrogen (secondary N) is 1. The van der Waals surface area contributed by atoms with Gasteiger partial charge in [-0.1, -0.05) is 225 Å². The Bertz CT molecular complexity index is 1580. The van der Waals surface area contributed by atoms with E-state index in [1.165, 1.54) is 70.6 Å². The number of unbranched alkanes of at least 4 members (excludes halogenated alkanes) is 16. The van der Waals surface area contributed by atoms with Gasteiger partial charge in [0.2, 0.25) is 5.91 Å². The maximum Gasteiger partial charge on any atom is 0.220 e. The Labute approximate surface area is 439 Å². The van der Waals surface area contributed by atoms with Crippen molar-refractivity contribution in [1.82, 2.24) is 5.32 Å². The third-order valence-corrected chi connectivity index (χ3v) is 12.5. The lowest BCUT2D eigenvalue weighted by atomic mass is 9.99. The zero-order valence-electron chi connectivity index (χ0n) is 45.1. The molecular formula is C63H103NO8. The summed E-state index contributed by atoms with van der Waals surface area (Å²) < 4.78 is 11.2. The molecule has 0 aliphatic carbocycles. The number of aliphatic hydroxyl groups is 5. The average molecular weight is 1000 g/mol. The minimum Gasteiger partial charge on any atom is -0.394 e. The van der Waals surface area contributed by atoms with E-state index in [1.807, 2.05) is 6.08 Å². The molecule has 0 aromatic heterocycles. The molecule has 9 heteroatoms. The van der Waals surface area contributed by atoms with Crippen LogP contribution in [0.15, 0.2) is 134 Å². The van der Waals surface area contributed by atoms with Crippen LogP contribution in [0.5, 0.6) is 0 Å². The van der Waals surface area contributed by atoms with E-state index in [0.717, 1.165) is 109 Å². The lowest BCUT2D eigenvalue weighted by molar-refractivity contribution is -0.302. The molecule has 72 heavy (non-hydrogen) atoms. The monoisotopic (exact) mass is 1000 g/mol. The topological polar surface area (TPSA) is 149 Å². The third kappa shape index (κ3) is 39.8. The Kier molecular flexibility index (Phi) is 46.9. The standard InChI is InChI=1S/C63H103NO8/c1-3-5-7-9-11-13-15-17-19-20-21-22-23-24-25-26-27-28-29-30-31-32-33-34-35-36-37-38-39-41-43-45-47-49-51-53-59(67)64-56(55-71-63-62(70)61(69)60(68)58(54-65)72-63)57(66)52-50-48-46-44-42-40-18-16-14-12-10-8-6-4-2/h5,7,11,13,17,19,21-22,24-25,27-28,30-31,33-34,36-37,42,44,50,52,56-58,60-63,65-66,68-70H,3-4,6,8-10,12,14-16,18,20,23,26,29,32,35,38-41,43,45-49,51,53-55H2,1-2H3,(H,64,67)/b7-5-,13-11-,19-17-,22-21-,25-24-,28-27-,31-30-,34-33-,37-36-,44-42+,52-50+. The molecule has 0 radical (unpaired) electrons. The summed E-state index contributed by atoms with van der Waals surface area (Å²) in [6.07, 6.45) is 70.8.